The Morgan fingerprint density at radius 1 is 1.16 bits per heavy atom. The van der Waals surface area contributed by atoms with Gasteiger partial charge in [0.05, 0.1) is 18.1 Å². The SMILES string of the molecule is C/C(=C\c1ccccc1)CN1CC[C@H](c2c(C(=O)N3CCOCC3)sc3ncccc23)C1. The van der Waals surface area contributed by atoms with Crippen molar-refractivity contribution in [2.24, 2.45) is 0 Å². The number of rotatable bonds is 5. The molecular weight excluding hydrogens is 418 g/mol. The van der Waals surface area contributed by atoms with Gasteiger partial charge in [0, 0.05) is 43.7 Å². The first-order valence-electron chi connectivity index (χ1n) is 11.4. The number of pyridine rings is 1. The second-order valence-corrected chi connectivity index (χ2v) is 9.73. The Hall–Kier alpha value is -2.54. The van der Waals surface area contributed by atoms with Crippen LogP contribution in [0.5, 0.6) is 0 Å². The van der Waals surface area contributed by atoms with E-state index in [4.69, 9.17) is 4.74 Å². The Bertz CT molecular complexity index is 1120. The first-order valence-corrected chi connectivity index (χ1v) is 12.2. The summed E-state index contributed by atoms with van der Waals surface area (Å²) in [6.07, 6.45) is 5.16. The van der Waals surface area contributed by atoms with E-state index in [9.17, 15) is 4.79 Å². The Morgan fingerprint density at radius 2 is 1.97 bits per heavy atom. The van der Waals surface area contributed by atoms with Gasteiger partial charge in [-0.2, -0.15) is 0 Å². The highest BCUT2D eigenvalue weighted by atomic mass is 32.1. The molecule has 1 atom stereocenters. The topological polar surface area (TPSA) is 45.7 Å². The highest BCUT2D eigenvalue weighted by Crippen LogP contribution is 2.40. The number of amides is 1. The van der Waals surface area contributed by atoms with Gasteiger partial charge in [-0.15, -0.1) is 11.3 Å². The van der Waals surface area contributed by atoms with Crippen molar-refractivity contribution in [3.63, 3.8) is 0 Å². The normalized spacial score (nSPS) is 20.2. The molecule has 0 bridgehead atoms. The zero-order valence-corrected chi connectivity index (χ0v) is 19.3. The number of carbonyl (C=O) groups is 1. The molecule has 2 aliphatic heterocycles. The first-order chi connectivity index (χ1) is 15.7. The van der Waals surface area contributed by atoms with Gasteiger partial charge in [-0.05, 0) is 37.1 Å². The number of ether oxygens (including phenoxy) is 1. The molecule has 0 N–H and O–H groups in total. The van der Waals surface area contributed by atoms with Crippen molar-refractivity contribution in [2.45, 2.75) is 19.3 Å². The molecule has 6 heteroatoms. The molecule has 1 aromatic carbocycles. The molecule has 166 valence electrons. The van der Waals surface area contributed by atoms with Crippen LogP contribution in [0.1, 0.15) is 40.1 Å². The summed E-state index contributed by atoms with van der Waals surface area (Å²) in [6.45, 7) is 7.76. The van der Waals surface area contributed by atoms with Crippen molar-refractivity contribution in [1.29, 1.82) is 0 Å². The Morgan fingerprint density at radius 3 is 2.78 bits per heavy atom. The molecule has 2 saturated heterocycles. The summed E-state index contributed by atoms with van der Waals surface area (Å²) < 4.78 is 5.45. The molecule has 2 aliphatic rings. The van der Waals surface area contributed by atoms with Crippen molar-refractivity contribution in [2.75, 3.05) is 45.9 Å². The quantitative estimate of drug-likeness (QED) is 0.571. The first kappa shape index (κ1) is 21.3. The molecule has 4 heterocycles. The maximum absolute atomic E-state index is 13.4. The minimum absolute atomic E-state index is 0.143. The van der Waals surface area contributed by atoms with Crippen molar-refractivity contribution in [1.82, 2.24) is 14.8 Å². The number of benzene rings is 1. The largest absolute Gasteiger partial charge is 0.378 e. The van der Waals surface area contributed by atoms with Crippen molar-refractivity contribution in [3.05, 3.63) is 70.2 Å². The number of aromatic nitrogens is 1. The minimum Gasteiger partial charge on any atom is -0.378 e. The molecule has 3 aromatic rings. The molecule has 0 radical (unpaired) electrons. The number of nitrogens with zero attached hydrogens (tertiary/aromatic N) is 3. The van der Waals surface area contributed by atoms with Crippen LogP contribution in [0.2, 0.25) is 0 Å². The van der Waals surface area contributed by atoms with E-state index in [2.05, 4.69) is 53.2 Å². The minimum atomic E-state index is 0.143. The van der Waals surface area contributed by atoms with Crippen LogP contribution < -0.4 is 0 Å². The van der Waals surface area contributed by atoms with Crippen LogP contribution >= 0.6 is 11.3 Å². The lowest BCUT2D eigenvalue weighted by atomic mass is 9.95. The van der Waals surface area contributed by atoms with Crippen LogP contribution in [0.25, 0.3) is 16.3 Å². The van der Waals surface area contributed by atoms with Gasteiger partial charge in [0.15, 0.2) is 0 Å². The van der Waals surface area contributed by atoms with Crippen LogP contribution in [-0.4, -0.2) is 66.6 Å². The standard InChI is InChI=1S/C26H29N3O2S/c1-19(16-20-6-3-2-4-7-20)17-28-11-9-21(18-28)23-22-8-5-10-27-25(22)32-24(23)26(30)29-12-14-31-15-13-29/h2-8,10,16,21H,9,11-15,17-18H2,1H3/b19-16+/t21-/m0/s1. The van der Waals surface area contributed by atoms with Gasteiger partial charge in [-0.1, -0.05) is 48.0 Å². The molecule has 0 spiro atoms. The Kier molecular flexibility index (Phi) is 6.35. The molecule has 0 aliphatic carbocycles. The van der Waals surface area contributed by atoms with Gasteiger partial charge in [0.25, 0.3) is 5.91 Å². The number of fused-ring (bicyclic) bond motifs is 1. The highest BCUT2D eigenvalue weighted by Gasteiger charge is 2.32. The van der Waals surface area contributed by atoms with Gasteiger partial charge < -0.3 is 9.64 Å². The smallest absolute Gasteiger partial charge is 0.264 e. The lowest BCUT2D eigenvalue weighted by Crippen LogP contribution is -2.40. The van der Waals surface area contributed by atoms with Crippen molar-refractivity contribution >= 4 is 33.5 Å². The molecular formula is C26H29N3O2S. The summed E-state index contributed by atoms with van der Waals surface area (Å²) >= 11 is 1.56. The van der Waals surface area contributed by atoms with Gasteiger partial charge in [-0.3, -0.25) is 9.69 Å². The van der Waals surface area contributed by atoms with Crippen LogP contribution in [-0.2, 0) is 4.74 Å². The third kappa shape index (κ3) is 4.49. The van der Waals surface area contributed by atoms with Gasteiger partial charge in [0.1, 0.15) is 4.83 Å². The van der Waals surface area contributed by atoms with E-state index in [0.717, 1.165) is 41.1 Å². The summed E-state index contributed by atoms with van der Waals surface area (Å²) in [7, 11) is 0. The lowest BCUT2D eigenvalue weighted by Gasteiger charge is -2.27. The van der Waals surface area contributed by atoms with Crippen molar-refractivity contribution < 1.29 is 9.53 Å². The molecule has 5 rings (SSSR count). The van der Waals surface area contributed by atoms with Gasteiger partial charge in [-0.25, -0.2) is 4.98 Å². The number of thiophene rings is 1. The summed E-state index contributed by atoms with van der Waals surface area (Å²) in [5.41, 5.74) is 3.81. The van der Waals surface area contributed by atoms with E-state index in [1.54, 1.807) is 11.3 Å². The van der Waals surface area contributed by atoms with Crippen LogP contribution in [0.4, 0.5) is 0 Å². The summed E-state index contributed by atoms with van der Waals surface area (Å²) in [5, 5.41) is 1.15. The zero-order chi connectivity index (χ0) is 21.9. The Labute approximate surface area is 193 Å². The molecule has 0 saturated carbocycles. The van der Waals surface area contributed by atoms with E-state index in [-0.39, 0.29) is 5.91 Å². The highest BCUT2D eigenvalue weighted by molar-refractivity contribution is 7.20. The molecule has 5 nitrogen and oxygen atoms in total. The number of morpholine rings is 1. The second-order valence-electron chi connectivity index (χ2n) is 8.73. The molecule has 32 heavy (non-hydrogen) atoms. The lowest BCUT2D eigenvalue weighted by molar-refractivity contribution is 0.0305. The number of carbonyl (C=O) groups excluding carboxylic acids is 1. The fourth-order valence-corrected chi connectivity index (χ4v) is 6.07. The number of hydrogen-bond acceptors (Lipinski definition) is 5. The van der Waals surface area contributed by atoms with Crippen LogP contribution in [0, 0.1) is 0 Å². The fourth-order valence-electron chi connectivity index (χ4n) is 4.87. The maximum Gasteiger partial charge on any atom is 0.264 e. The average Bonchev–Trinajstić information content (AvgIpc) is 3.44. The van der Waals surface area contributed by atoms with E-state index in [0.29, 0.717) is 32.2 Å². The van der Waals surface area contributed by atoms with E-state index >= 15 is 0 Å². The zero-order valence-electron chi connectivity index (χ0n) is 18.5. The fraction of sp³-hybridized carbons (Fsp3) is 0.385. The third-order valence-corrected chi connectivity index (χ3v) is 7.48. The molecule has 2 aromatic heterocycles. The van der Waals surface area contributed by atoms with E-state index in [1.165, 1.54) is 16.7 Å². The monoisotopic (exact) mass is 447 g/mol. The average molecular weight is 448 g/mol. The Balaban J connectivity index is 1.37. The van der Waals surface area contributed by atoms with Gasteiger partial charge in [0.2, 0.25) is 0 Å². The molecule has 0 unspecified atom stereocenters. The predicted molar refractivity (Wildman–Crippen MR) is 130 cm³/mol. The van der Waals surface area contributed by atoms with E-state index < -0.39 is 0 Å². The summed E-state index contributed by atoms with van der Waals surface area (Å²) in [5.74, 6) is 0.502. The molecule has 1 amide bonds. The van der Waals surface area contributed by atoms with Crippen LogP contribution in [0.3, 0.4) is 0 Å². The predicted octanol–water partition coefficient (Wildman–Crippen LogP) is 4.66. The number of likely N-dealkylation sites (tertiary alicyclic amines) is 1. The second kappa shape index (κ2) is 9.53. The van der Waals surface area contributed by atoms with Crippen LogP contribution in [0.15, 0.2) is 54.2 Å². The van der Waals surface area contributed by atoms with Gasteiger partial charge >= 0.3 is 0 Å². The number of hydrogen-bond donors (Lipinski definition) is 0. The van der Waals surface area contributed by atoms with Crippen molar-refractivity contribution in [3.8, 4) is 0 Å². The summed E-state index contributed by atoms with van der Waals surface area (Å²) in [6, 6.07) is 14.6. The third-order valence-electron chi connectivity index (χ3n) is 6.36. The van der Waals surface area contributed by atoms with E-state index in [1.807, 2.05) is 23.2 Å². The molecule has 2 fully saturated rings. The summed E-state index contributed by atoms with van der Waals surface area (Å²) in [4.78, 5) is 24.3. The maximum atomic E-state index is 13.4.